The number of rotatable bonds is 1. The minimum Gasteiger partial charge on any atom is -0.452 e. The molecule has 0 atom stereocenters. The van der Waals surface area contributed by atoms with E-state index >= 15 is 0 Å². The molecule has 3 rings (SSSR count). The second-order valence-corrected chi connectivity index (χ2v) is 4.90. The van der Waals surface area contributed by atoms with Crippen molar-refractivity contribution in [3.8, 4) is 10.8 Å². The van der Waals surface area contributed by atoms with Gasteiger partial charge in [0.25, 0.3) is 0 Å². The topological polar surface area (TPSA) is 26.0 Å². The van der Waals surface area contributed by atoms with Gasteiger partial charge in [-0.3, -0.25) is 0 Å². The zero-order chi connectivity index (χ0) is 11.1. The molecule has 2 aromatic heterocycles. The number of fused-ring (bicyclic) bond motifs is 1. The van der Waals surface area contributed by atoms with E-state index in [-0.39, 0.29) is 0 Å². The first-order chi connectivity index (χ1) is 7.74. The second kappa shape index (κ2) is 3.77. The van der Waals surface area contributed by atoms with Crippen LogP contribution >= 0.6 is 34.5 Å². The van der Waals surface area contributed by atoms with Gasteiger partial charge in [0.05, 0.1) is 5.02 Å². The summed E-state index contributed by atoms with van der Waals surface area (Å²) >= 11 is 13.2. The fraction of sp³-hybridized carbons (Fsp3) is 0. The molecule has 2 heterocycles. The monoisotopic (exact) mass is 269 g/mol. The number of hydrogen-bond donors (Lipinski definition) is 0. The minimum atomic E-state index is 0.478. The zero-order valence-electron chi connectivity index (χ0n) is 7.91. The van der Waals surface area contributed by atoms with Crippen molar-refractivity contribution in [3.05, 3.63) is 39.8 Å². The number of nitrogens with zero attached hydrogens (tertiary/aromatic N) is 1. The Labute approximate surface area is 105 Å². The fourth-order valence-corrected chi connectivity index (χ4v) is 2.62. The van der Waals surface area contributed by atoms with Gasteiger partial charge in [-0.05, 0) is 12.1 Å². The molecule has 0 aliphatic heterocycles. The van der Waals surface area contributed by atoms with E-state index in [9.17, 15) is 0 Å². The second-order valence-electron chi connectivity index (χ2n) is 3.24. The van der Waals surface area contributed by atoms with Crippen molar-refractivity contribution in [1.82, 2.24) is 4.98 Å². The molecule has 0 fully saturated rings. The van der Waals surface area contributed by atoms with Gasteiger partial charge in [0, 0.05) is 10.8 Å². The van der Waals surface area contributed by atoms with Crippen LogP contribution in [-0.2, 0) is 0 Å². The van der Waals surface area contributed by atoms with Crippen LogP contribution in [0, 0.1) is 0 Å². The maximum Gasteiger partial charge on any atom is 0.164 e. The van der Waals surface area contributed by atoms with Gasteiger partial charge in [-0.1, -0.05) is 35.3 Å². The summed E-state index contributed by atoms with van der Waals surface area (Å²) in [4.78, 5) is 4.15. The Morgan fingerprint density at radius 2 is 2.12 bits per heavy atom. The molecule has 1 aromatic carbocycles. The van der Waals surface area contributed by atoms with Crippen molar-refractivity contribution in [2.45, 2.75) is 0 Å². The van der Waals surface area contributed by atoms with Gasteiger partial charge in [0.15, 0.2) is 16.4 Å². The first-order valence-electron chi connectivity index (χ1n) is 4.53. The Morgan fingerprint density at radius 1 is 1.25 bits per heavy atom. The van der Waals surface area contributed by atoms with E-state index in [1.807, 2.05) is 18.2 Å². The largest absolute Gasteiger partial charge is 0.452 e. The van der Waals surface area contributed by atoms with Crippen molar-refractivity contribution in [2.75, 3.05) is 0 Å². The van der Waals surface area contributed by atoms with Gasteiger partial charge in [-0.2, -0.15) is 0 Å². The molecule has 0 unspecified atom stereocenters. The Kier molecular flexibility index (Phi) is 2.39. The lowest BCUT2D eigenvalue weighted by Crippen LogP contribution is -1.68. The predicted molar refractivity (Wildman–Crippen MR) is 67.3 cm³/mol. The molecule has 0 aliphatic carbocycles. The number of thiazole rings is 1. The molecule has 0 amide bonds. The van der Waals surface area contributed by atoms with E-state index in [0.717, 1.165) is 10.4 Å². The Morgan fingerprint density at radius 3 is 2.81 bits per heavy atom. The van der Waals surface area contributed by atoms with Crippen molar-refractivity contribution >= 4 is 45.5 Å². The number of benzene rings is 1. The van der Waals surface area contributed by atoms with Crippen LogP contribution in [0.25, 0.3) is 21.7 Å². The normalized spacial score (nSPS) is 11.1. The summed E-state index contributed by atoms with van der Waals surface area (Å²) in [7, 11) is 0. The van der Waals surface area contributed by atoms with Crippen LogP contribution in [0.4, 0.5) is 0 Å². The lowest BCUT2D eigenvalue weighted by atomic mass is 10.2. The molecule has 0 aliphatic rings. The van der Waals surface area contributed by atoms with Crippen molar-refractivity contribution in [2.24, 2.45) is 0 Å². The Hall–Kier alpha value is -1.03. The van der Waals surface area contributed by atoms with E-state index < -0.39 is 0 Å². The summed E-state index contributed by atoms with van der Waals surface area (Å²) in [5, 5.41) is 4.58. The third-order valence-electron chi connectivity index (χ3n) is 2.18. The number of hydrogen-bond acceptors (Lipinski definition) is 3. The lowest BCUT2D eigenvalue weighted by molar-refractivity contribution is 0.631. The molecule has 16 heavy (non-hydrogen) atoms. The molecular formula is C11H5Cl2NOS. The average molecular weight is 270 g/mol. The van der Waals surface area contributed by atoms with Gasteiger partial charge in [0.1, 0.15) is 5.15 Å². The van der Waals surface area contributed by atoms with Gasteiger partial charge >= 0.3 is 0 Å². The predicted octanol–water partition coefficient (Wildman–Crippen LogP) is 4.86. The highest BCUT2D eigenvalue weighted by Gasteiger charge is 2.11. The van der Waals surface area contributed by atoms with E-state index in [0.29, 0.717) is 21.5 Å². The quantitative estimate of drug-likeness (QED) is 0.630. The van der Waals surface area contributed by atoms with E-state index in [1.54, 1.807) is 11.4 Å². The van der Waals surface area contributed by atoms with Crippen molar-refractivity contribution in [1.29, 1.82) is 0 Å². The van der Waals surface area contributed by atoms with Gasteiger partial charge < -0.3 is 4.42 Å². The number of furan rings is 1. The van der Waals surface area contributed by atoms with Crippen LogP contribution in [-0.4, -0.2) is 4.98 Å². The van der Waals surface area contributed by atoms with E-state index in [1.165, 1.54) is 11.3 Å². The maximum atomic E-state index is 6.03. The average Bonchev–Trinajstić information content (AvgIpc) is 2.84. The fourth-order valence-electron chi connectivity index (χ4n) is 1.50. The number of para-hydroxylation sites is 1. The standard InChI is InChI=1S/C11H5Cl2NOS/c12-7-3-1-2-6-4-8(15-10(6)7)11-14-9(13)5-16-11/h1-5H. The molecule has 0 spiro atoms. The molecule has 0 saturated heterocycles. The van der Waals surface area contributed by atoms with Crippen LogP contribution < -0.4 is 0 Å². The van der Waals surface area contributed by atoms with E-state index in [2.05, 4.69) is 4.98 Å². The molecule has 0 radical (unpaired) electrons. The van der Waals surface area contributed by atoms with Crippen molar-refractivity contribution < 1.29 is 4.42 Å². The van der Waals surface area contributed by atoms with Crippen LogP contribution in [0.1, 0.15) is 0 Å². The molecule has 0 saturated carbocycles. The summed E-state index contributed by atoms with van der Waals surface area (Å²) in [6.07, 6.45) is 0. The highest BCUT2D eigenvalue weighted by molar-refractivity contribution is 7.13. The Balaban J connectivity index is 2.22. The molecule has 2 nitrogen and oxygen atoms in total. The van der Waals surface area contributed by atoms with E-state index in [4.69, 9.17) is 27.6 Å². The smallest absolute Gasteiger partial charge is 0.164 e. The van der Waals surface area contributed by atoms with Gasteiger partial charge in [-0.25, -0.2) is 4.98 Å². The molecule has 0 bridgehead atoms. The summed E-state index contributed by atoms with van der Waals surface area (Å²) in [6.45, 7) is 0. The van der Waals surface area contributed by atoms with Gasteiger partial charge in [0.2, 0.25) is 0 Å². The van der Waals surface area contributed by atoms with Crippen LogP contribution in [0.3, 0.4) is 0 Å². The molecule has 3 aromatic rings. The van der Waals surface area contributed by atoms with Gasteiger partial charge in [-0.15, -0.1) is 11.3 Å². The highest BCUT2D eigenvalue weighted by Crippen LogP contribution is 2.33. The molecule has 5 heteroatoms. The highest BCUT2D eigenvalue weighted by atomic mass is 35.5. The molecule has 0 N–H and O–H groups in total. The first-order valence-corrected chi connectivity index (χ1v) is 6.17. The first kappa shape index (κ1) is 10.1. The van der Waals surface area contributed by atoms with Crippen LogP contribution in [0.5, 0.6) is 0 Å². The molecule has 80 valence electrons. The third-order valence-corrected chi connectivity index (χ3v) is 3.66. The zero-order valence-corrected chi connectivity index (χ0v) is 10.2. The summed E-state index contributed by atoms with van der Waals surface area (Å²) in [6, 6.07) is 7.55. The van der Waals surface area contributed by atoms with Crippen LogP contribution in [0.15, 0.2) is 34.1 Å². The van der Waals surface area contributed by atoms with Crippen molar-refractivity contribution in [3.63, 3.8) is 0 Å². The lowest BCUT2D eigenvalue weighted by Gasteiger charge is -1.89. The Bertz CT molecular complexity index is 659. The number of aromatic nitrogens is 1. The minimum absolute atomic E-state index is 0.478. The summed E-state index contributed by atoms with van der Waals surface area (Å²) < 4.78 is 5.66. The van der Waals surface area contributed by atoms with Crippen LogP contribution in [0.2, 0.25) is 10.2 Å². The number of halogens is 2. The molecular weight excluding hydrogens is 265 g/mol. The summed E-state index contributed by atoms with van der Waals surface area (Å²) in [5.41, 5.74) is 0.686. The SMILES string of the molecule is Clc1csc(-c2cc3cccc(Cl)c3o2)n1. The third kappa shape index (κ3) is 1.61. The summed E-state index contributed by atoms with van der Waals surface area (Å²) in [5.74, 6) is 0.694. The maximum absolute atomic E-state index is 6.03.